The number of thioether (sulfide) groups is 1. The minimum Gasteiger partial charge on any atom is -0.454 e. The van der Waals surface area contributed by atoms with Gasteiger partial charge in [-0.3, -0.25) is 14.5 Å². The number of amides is 2. The van der Waals surface area contributed by atoms with Gasteiger partial charge in [0.1, 0.15) is 5.70 Å². The number of fused-ring (bicyclic) bond motifs is 1. The Morgan fingerprint density at radius 1 is 1.21 bits per heavy atom. The summed E-state index contributed by atoms with van der Waals surface area (Å²) in [5, 5.41) is -0.114. The summed E-state index contributed by atoms with van der Waals surface area (Å²) in [4.78, 5) is 30.7. The number of nitrogens with two attached hydrogens (primary N) is 1. The van der Waals surface area contributed by atoms with Crippen molar-refractivity contribution in [3.05, 3.63) is 59.3 Å². The van der Waals surface area contributed by atoms with Gasteiger partial charge in [-0.25, -0.2) is 4.99 Å². The molecule has 0 saturated heterocycles. The first-order valence-electron chi connectivity index (χ1n) is 8.99. The summed E-state index contributed by atoms with van der Waals surface area (Å²) < 4.78 is 10.7. The minimum absolute atomic E-state index is 0.180. The zero-order valence-corrected chi connectivity index (χ0v) is 16.7. The van der Waals surface area contributed by atoms with Crippen LogP contribution in [-0.2, 0) is 9.59 Å². The maximum Gasteiger partial charge on any atom is 0.283 e. The van der Waals surface area contributed by atoms with Gasteiger partial charge in [-0.15, -0.1) is 0 Å². The molecular weight excluding hydrogens is 390 g/mol. The molecule has 2 aliphatic rings. The number of carbonyl (C=O) groups is 2. The molecule has 2 amide bonds. The lowest BCUT2D eigenvalue weighted by Gasteiger charge is -2.19. The van der Waals surface area contributed by atoms with E-state index in [1.54, 1.807) is 25.1 Å². The number of carbonyl (C=O) groups excluding carboxylic acids is 2. The van der Waals surface area contributed by atoms with Crippen molar-refractivity contribution in [2.75, 3.05) is 11.7 Å². The molecule has 7 nitrogen and oxygen atoms in total. The molecule has 8 heteroatoms. The number of anilines is 1. The number of ether oxygens (including phenoxy) is 2. The van der Waals surface area contributed by atoms with Crippen LogP contribution in [0.4, 0.5) is 5.69 Å². The quantitative estimate of drug-likeness (QED) is 0.783. The Morgan fingerprint density at radius 2 is 1.93 bits per heavy atom. The molecule has 0 fully saturated rings. The molecule has 2 aromatic rings. The summed E-state index contributed by atoms with van der Waals surface area (Å²) in [7, 11) is 0. The molecule has 29 heavy (non-hydrogen) atoms. The van der Waals surface area contributed by atoms with Crippen LogP contribution in [0.1, 0.15) is 18.1 Å². The van der Waals surface area contributed by atoms with Crippen molar-refractivity contribution in [2.24, 2.45) is 10.7 Å². The zero-order valence-electron chi connectivity index (χ0n) is 15.9. The number of aryl methyl sites for hydroxylation is 1. The predicted molar refractivity (Wildman–Crippen MR) is 113 cm³/mol. The smallest absolute Gasteiger partial charge is 0.283 e. The maximum atomic E-state index is 13.1. The Labute approximate surface area is 172 Å². The average molecular weight is 409 g/mol. The van der Waals surface area contributed by atoms with Crippen molar-refractivity contribution in [3.8, 4) is 11.5 Å². The van der Waals surface area contributed by atoms with E-state index < -0.39 is 11.2 Å². The Balaban J connectivity index is 1.70. The van der Waals surface area contributed by atoms with Gasteiger partial charge in [-0.05, 0) is 49.8 Å². The second kappa shape index (κ2) is 7.63. The maximum absolute atomic E-state index is 13.1. The molecule has 1 atom stereocenters. The number of aliphatic imine (C=N–C) groups is 1. The standard InChI is InChI=1S/C21H19N3O4S/c1-12-3-6-15(7-4-12)24-20(26)16(23-21(24)29-13(2)19(22)25)9-14-5-8-17-18(10-14)28-11-27-17/h3-10,13H,11H2,1-2H3,(H2,22,25)/b16-9+/t13-/m0/s1. The Hall–Kier alpha value is -3.26. The summed E-state index contributed by atoms with van der Waals surface area (Å²) >= 11 is 1.16. The lowest BCUT2D eigenvalue weighted by molar-refractivity contribution is -0.117. The largest absolute Gasteiger partial charge is 0.454 e. The van der Waals surface area contributed by atoms with Crippen molar-refractivity contribution < 1.29 is 19.1 Å². The van der Waals surface area contributed by atoms with Gasteiger partial charge in [0.15, 0.2) is 16.7 Å². The Morgan fingerprint density at radius 3 is 2.66 bits per heavy atom. The van der Waals surface area contributed by atoms with Crippen LogP contribution in [0.3, 0.4) is 0 Å². The van der Waals surface area contributed by atoms with Crippen LogP contribution in [0.15, 0.2) is 53.2 Å². The summed E-state index contributed by atoms with van der Waals surface area (Å²) in [5.41, 5.74) is 8.19. The molecule has 0 spiro atoms. The molecule has 0 aliphatic carbocycles. The number of hydrogen-bond donors (Lipinski definition) is 1. The van der Waals surface area contributed by atoms with Crippen molar-refractivity contribution in [1.82, 2.24) is 0 Å². The summed E-state index contributed by atoms with van der Waals surface area (Å²) in [6, 6.07) is 13.0. The first-order valence-corrected chi connectivity index (χ1v) is 9.87. The van der Waals surface area contributed by atoms with Gasteiger partial charge >= 0.3 is 0 Å². The second-order valence-corrected chi connectivity index (χ2v) is 7.98. The molecule has 4 rings (SSSR count). The fourth-order valence-electron chi connectivity index (χ4n) is 2.87. The number of amidine groups is 1. The normalized spacial score (nSPS) is 17.6. The van der Waals surface area contributed by atoms with Gasteiger partial charge in [-0.2, -0.15) is 0 Å². The van der Waals surface area contributed by atoms with Crippen molar-refractivity contribution in [1.29, 1.82) is 0 Å². The van der Waals surface area contributed by atoms with Crippen LogP contribution in [0.5, 0.6) is 11.5 Å². The lowest BCUT2D eigenvalue weighted by Crippen LogP contribution is -2.33. The molecule has 0 radical (unpaired) electrons. The highest BCUT2D eigenvalue weighted by atomic mass is 32.2. The molecule has 0 aromatic heterocycles. The van der Waals surface area contributed by atoms with E-state index in [0.717, 1.165) is 22.9 Å². The summed E-state index contributed by atoms with van der Waals surface area (Å²) in [5.74, 6) is 0.551. The van der Waals surface area contributed by atoms with Gasteiger partial charge < -0.3 is 15.2 Å². The fraction of sp³-hybridized carbons (Fsp3) is 0.190. The van der Waals surface area contributed by atoms with E-state index in [2.05, 4.69) is 4.99 Å². The molecule has 0 bridgehead atoms. The number of primary amides is 1. The van der Waals surface area contributed by atoms with Crippen molar-refractivity contribution in [3.63, 3.8) is 0 Å². The van der Waals surface area contributed by atoms with Crippen molar-refractivity contribution >= 4 is 40.5 Å². The van der Waals surface area contributed by atoms with E-state index in [9.17, 15) is 9.59 Å². The van der Waals surface area contributed by atoms with Crippen LogP contribution >= 0.6 is 11.8 Å². The average Bonchev–Trinajstić information content (AvgIpc) is 3.27. The van der Waals surface area contributed by atoms with Gasteiger partial charge in [0.25, 0.3) is 5.91 Å². The van der Waals surface area contributed by atoms with E-state index >= 15 is 0 Å². The van der Waals surface area contributed by atoms with Crippen molar-refractivity contribution in [2.45, 2.75) is 19.1 Å². The van der Waals surface area contributed by atoms with Crippen LogP contribution in [0, 0.1) is 6.92 Å². The number of hydrogen-bond acceptors (Lipinski definition) is 6. The Kier molecular flexibility index (Phi) is 5.02. The summed E-state index contributed by atoms with van der Waals surface area (Å²) in [6.45, 7) is 3.84. The van der Waals surface area contributed by atoms with Crippen LogP contribution in [0.25, 0.3) is 6.08 Å². The highest BCUT2D eigenvalue weighted by Gasteiger charge is 2.33. The lowest BCUT2D eigenvalue weighted by atomic mass is 10.1. The molecule has 148 valence electrons. The van der Waals surface area contributed by atoms with E-state index in [4.69, 9.17) is 15.2 Å². The van der Waals surface area contributed by atoms with E-state index in [0.29, 0.717) is 22.4 Å². The number of nitrogens with zero attached hydrogens (tertiary/aromatic N) is 2. The van der Waals surface area contributed by atoms with E-state index in [1.165, 1.54) is 4.90 Å². The first kappa shape index (κ1) is 19.1. The molecule has 0 saturated carbocycles. The fourth-order valence-corrected chi connectivity index (χ4v) is 3.75. The van der Waals surface area contributed by atoms with Crippen LogP contribution in [0.2, 0.25) is 0 Å². The predicted octanol–water partition coefficient (Wildman–Crippen LogP) is 3.07. The summed E-state index contributed by atoms with van der Waals surface area (Å²) in [6.07, 6.45) is 1.69. The van der Waals surface area contributed by atoms with Crippen LogP contribution < -0.4 is 20.1 Å². The molecule has 2 N–H and O–H groups in total. The molecule has 2 aliphatic heterocycles. The third-order valence-electron chi connectivity index (χ3n) is 4.50. The molecule has 2 heterocycles. The van der Waals surface area contributed by atoms with E-state index in [1.807, 2.05) is 37.3 Å². The number of rotatable bonds is 4. The van der Waals surface area contributed by atoms with Gasteiger partial charge in [0.05, 0.1) is 10.9 Å². The third kappa shape index (κ3) is 3.84. The minimum atomic E-state index is -0.528. The Bertz CT molecular complexity index is 1050. The third-order valence-corrected chi connectivity index (χ3v) is 5.58. The van der Waals surface area contributed by atoms with E-state index in [-0.39, 0.29) is 18.4 Å². The monoisotopic (exact) mass is 409 g/mol. The van der Waals surface area contributed by atoms with Gasteiger partial charge in [0, 0.05) is 0 Å². The molecular formula is C21H19N3O4S. The zero-order chi connectivity index (χ0) is 20.5. The van der Waals surface area contributed by atoms with Gasteiger partial charge in [-0.1, -0.05) is 35.5 Å². The van der Waals surface area contributed by atoms with Crippen LogP contribution in [-0.4, -0.2) is 29.0 Å². The highest BCUT2D eigenvalue weighted by Crippen LogP contribution is 2.35. The first-order chi connectivity index (χ1) is 13.9. The highest BCUT2D eigenvalue weighted by molar-refractivity contribution is 8.15. The topological polar surface area (TPSA) is 94.2 Å². The van der Waals surface area contributed by atoms with Gasteiger partial charge in [0.2, 0.25) is 12.7 Å². The number of benzene rings is 2. The molecule has 0 unspecified atom stereocenters. The second-order valence-electron chi connectivity index (χ2n) is 6.68. The SMILES string of the molecule is Cc1ccc(N2C(=O)/C(=C\c3ccc4c(c3)OCO4)N=C2S[C@@H](C)C(N)=O)cc1. The molecule has 2 aromatic carbocycles.